The lowest BCUT2D eigenvalue weighted by Gasteiger charge is -2.22. The van der Waals surface area contributed by atoms with Crippen molar-refractivity contribution in [2.75, 3.05) is 5.32 Å². The van der Waals surface area contributed by atoms with E-state index in [4.69, 9.17) is 0 Å². The van der Waals surface area contributed by atoms with Gasteiger partial charge in [0.05, 0.1) is 0 Å². The van der Waals surface area contributed by atoms with Gasteiger partial charge in [0.25, 0.3) is 0 Å². The van der Waals surface area contributed by atoms with Crippen molar-refractivity contribution in [1.82, 2.24) is 0 Å². The van der Waals surface area contributed by atoms with Crippen molar-refractivity contribution in [3.8, 4) is 0 Å². The van der Waals surface area contributed by atoms with Gasteiger partial charge in [-0.1, -0.05) is 78.9 Å². The molecule has 0 bridgehead atoms. The van der Waals surface area contributed by atoms with Crippen molar-refractivity contribution in [2.24, 2.45) is 0 Å². The number of rotatable bonds is 4. The topological polar surface area (TPSA) is 29.1 Å². The first-order chi connectivity index (χ1) is 12.5. The smallest absolute Gasteiger partial charge is 0.318 e. The standard InChI is InChI=1S/C20H15F3NOP/c21-20(22,23)19(25)24-17-13-7-8-14-18(17)26(15-9-3-1-4-10-15)16-11-5-2-6-12-16/h1-14H,(H,24,25). The van der Waals surface area contributed by atoms with E-state index < -0.39 is 20.0 Å². The summed E-state index contributed by atoms with van der Waals surface area (Å²) in [5.41, 5.74) is 0.175. The number of hydrogen-bond donors (Lipinski definition) is 1. The van der Waals surface area contributed by atoms with E-state index in [1.807, 2.05) is 66.0 Å². The molecular formula is C20H15F3NOP. The van der Waals surface area contributed by atoms with Gasteiger partial charge >= 0.3 is 12.1 Å². The molecule has 132 valence electrons. The van der Waals surface area contributed by atoms with Gasteiger partial charge in [0.15, 0.2) is 0 Å². The Hall–Kier alpha value is -2.65. The fourth-order valence-electron chi connectivity index (χ4n) is 2.55. The molecule has 0 radical (unpaired) electrons. The highest BCUT2D eigenvalue weighted by Gasteiger charge is 2.39. The molecule has 0 atom stereocenters. The number of amides is 1. The molecule has 3 aromatic rings. The van der Waals surface area contributed by atoms with Crippen LogP contribution in [-0.4, -0.2) is 12.1 Å². The normalized spacial score (nSPS) is 11.4. The van der Waals surface area contributed by atoms with Crippen LogP contribution in [-0.2, 0) is 4.79 Å². The number of para-hydroxylation sites is 1. The van der Waals surface area contributed by atoms with Crippen molar-refractivity contribution in [3.05, 3.63) is 84.9 Å². The van der Waals surface area contributed by atoms with Crippen LogP contribution < -0.4 is 21.2 Å². The van der Waals surface area contributed by atoms with Crippen molar-refractivity contribution in [1.29, 1.82) is 0 Å². The molecule has 0 aliphatic carbocycles. The van der Waals surface area contributed by atoms with E-state index in [9.17, 15) is 18.0 Å². The fourth-order valence-corrected chi connectivity index (χ4v) is 4.95. The van der Waals surface area contributed by atoms with Crippen LogP contribution in [0.5, 0.6) is 0 Å². The summed E-state index contributed by atoms with van der Waals surface area (Å²) in [5.74, 6) is -1.97. The Labute approximate surface area is 150 Å². The average molecular weight is 373 g/mol. The zero-order chi connectivity index (χ0) is 18.6. The quantitative estimate of drug-likeness (QED) is 0.690. The molecule has 2 nitrogen and oxygen atoms in total. The maximum atomic E-state index is 12.7. The largest absolute Gasteiger partial charge is 0.471 e. The molecule has 1 N–H and O–H groups in total. The maximum absolute atomic E-state index is 12.7. The van der Waals surface area contributed by atoms with E-state index in [-0.39, 0.29) is 5.69 Å². The van der Waals surface area contributed by atoms with Crippen LogP contribution in [0.25, 0.3) is 0 Å². The van der Waals surface area contributed by atoms with Crippen molar-refractivity contribution >= 4 is 35.4 Å². The van der Waals surface area contributed by atoms with Gasteiger partial charge in [-0.3, -0.25) is 4.79 Å². The van der Waals surface area contributed by atoms with Crippen LogP contribution >= 0.6 is 7.92 Å². The molecule has 1 amide bonds. The Balaban J connectivity index is 2.10. The first kappa shape index (κ1) is 18.2. The van der Waals surface area contributed by atoms with Gasteiger partial charge in [-0.05, 0) is 24.6 Å². The Morgan fingerprint density at radius 2 is 1.19 bits per heavy atom. The third kappa shape index (κ3) is 4.12. The minimum Gasteiger partial charge on any atom is -0.318 e. The molecule has 0 spiro atoms. The number of hydrogen-bond acceptors (Lipinski definition) is 1. The highest BCUT2D eigenvalue weighted by atomic mass is 31.1. The van der Waals surface area contributed by atoms with Crippen LogP contribution in [0.15, 0.2) is 84.9 Å². The molecule has 3 rings (SSSR count). The minimum absolute atomic E-state index is 0.175. The summed E-state index contributed by atoms with van der Waals surface area (Å²) in [6.45, 7) is 0. The highest BCUT2D eigenvalue weighted by Crippen LogP contribution is 2.35. The number of nitrogens with one attached hydrogen (secondary N) is 1. The number of carbonyl (C=O) groups excluding carboxylic acids is 1. The molecule has 0 aromatic heterocycles. The summed E-state index contributed by atoms with van der Waals surface area (Å²) in [6, 6.07) is 25.8. The Bertz CT molecular complexity index is 843. The highest BCUT2D eigenvalue weighted by molar-refractivity contribution is 7.80. The summed E-state index contributed by atoms with van der Waals surface area (Å²) in [4.78, 5) is 11.5. The van der Waals surface area contributed by atoms with Crippen LogP contribution in [0.4, 0.5) is 18.9 Å². The third-order valence-electron chi connectivity index (χ3n) is 3.68. The first-order valence-corrected chi connectivity index (χ1v) is 9.18. The number of benzene rings is 3. The van der Waals surface area contributed by atoms with Crippen LogP contribution in [0, 0.1) is 0 Å². The van der Waals surface area contributed by atoms with Gasteiger partial charge in [-0.15, -0.1) is 0 Å². The van der Waals surface area contributed by atoms with Crippen molar-refractivity contribution in [2.45, 2.75) is 6.18 Å². The van der Waals surface area contributed by atoms with Crippen LogP contribution in [0.2, 0.25) is 0 Å². The fraction of sp³-hybridized carbons (Fsp3) is 0.0500. The van der Waals surface area contributed by atoms with Crippen LogP contribution in [0.1, 0.15) is 0 Å². The van der Waals surface area contributed by atoms with Gasteiger partial charge in [-0.2, -0.15) is 13.2 Å². The SMILES string of the molecule is O=C(Nc1ccccc1P(c1ccccc1)c1ccccc1)C(F)(F)F. The molecule has 0 heterocycles. The zero-order valence-corrected chi connectivity index (χ0v) is 14.5. The van der Waals surface area contributed by atoms with Gasteiger partial charge in [0.2, 0.25) is 0 Å². The second-order valence-electron chi connectivity index (χ2n) is 5.48. The Morgan fingerprint density at radius 3 is 1.69 bits per heavy atom. The van der Waals surface area contributed by atoms with Gasteiger partial charge < -0.3 is 5.32 Å². The molecule has 0 unspecified atom stereocenters. The second kappa shape index (κ2) is 7.71. The molecule has 0 saturated heterocycles. The Morgan fingerprint density at radius 1 is 0.731 bits per heavy atom. The van der Waals surface area contributed by atoms with E-state index in [0.29, 0.717) is 5.30 Å². The summed E-state index contributed by atoms with van der Waals surface area (Å²) < 4.78 is 38.1. The van der Waals surface area contributed by atoms with Crippen LogP contribution in [0.3, 0.4) is 0 Å². The van der Waals surface area contributed by atoms with E-state index in [1.54, 1.807) is 18.2 Å². The molecule has 26 heavy (non-hydrogen) atoms. The predicted octanol–water partition coefficient (Wildman–Crippen LogP) is 3.95. The molecule has 0 aliphatic rings. The number of halogens is 3. The molecule has 0 aliphatic heterocycles. The predicted molar refractivity (Wildman–Crippen MR) is 99.8 cm³/mol. The molecule has 0 fully saturated rings. The minimum atomic E-state index is -4.94. The van der Waals surface area contributed by atoms with E-state index in [2.05, 4.69) is 0 Å². The summed E-state index contributed by atoms with van der Waals surface area (Å²) in [5, 5.41) is 4.66. The molecule has 6 heteroatoms. The zero-order valence-electron chi connectivity index (χ0n) is 13.6. The molecular weight excluding hydrogens is 358 g/mol. The molecule has 0 saturated carbocycles. The summed E-state index contributed by atoms with van der Waals surface area (Å²) >= 11 is 0. The maximum Gasteiger partial charge on any atom is 0.471 e. The monoisotopic (exact) mass is 373 g/mol. The van der Waals surface area contributed by atoms with Gasteiger partial charge in [-0.25, -0.2) is 0 Å². The first-order valence-electron chi connectivity index (χ1n) is 7.84. The summed E-state index contributed by atoms with van der Waals surface area (Å²) in [7, 11) is -1.12. The van der Waals surface area contributed by atoms with Gasteiger partial charge in [0.1, 0.15) is 0 Å². The van der Waals surface area contributed by atoms with E-state index in [0.717, 1.165) is 10.6 Å². The average Bonchev–Trinajstić information content (AvgIpc) is 2.64. The van der Waals surface area contributed by atoms with Crippen molar-refractivity contribution < 1.29 is 18.0 Å². The van der Waals surface area contributed by atoms with Gasteiger partial charge in [0, 0.05) is 11.0 Å². The molecule has 3 aromatic carbocycles. The lowest BCUT2D eigenvalue weighted by atomic mass is 10.3. The number of anilines is 1. The number of carbonyl (C=O) groups is 1. The second-order valence-corrected chi connectivity index (χ2v) is 7.66. The summed E-state index contributed by atoms with van der Waals surface area (Å²) in [6.07, 6.45) is -4.94. The third-order valence-corrected chi connectivity index (χ3v) is 6.18. The Kier molecular flexibility index (Phi) is 5.38. The van der Waals surface area contributed by atoms with Crippen molar-refractivity contribution in [3.63, 3.8) is 0 Å². The lowest BCUT2D eigenvalue weighted by Crippen LogP contribution is -2.32. The van der Waals surface area contributed by atoms with E-state index >= 15 is 0 Å². The van der Waals surface area contributed by atoms with E-state index in [1.165, 1.54) is 6.07 Å². The lowest BCUT2D eigenvalue weighted by molar-refractivity contribution is -0.167. The number of alkyl halides is 3.